The summed E-state index contributed by atoms with van der Waals surface area (Å²) < 4.78 is 13.0. The summed E-state index contributed by atoms with van der Waals surface area (Å²) in [6, 6.07) is 7.20. The molecular weight excluding hydrogens is 303 g/mol. The topological polar surface area (TPSA) is 46.3 Å². The van der Waals surface area contributed by atoms with Gasteiger partial charge < -0.3 is 10.6 Å². The molecule has 3 rings (SSSR count). The second-order valence-corrected chi connectivity index (χ2v) is 7.46. The van der Waals surface area contributed by atoms with Crippen molar-refractivity contribution in [2.75, 3.05) is 6.54 Å². The van der Waals surface area contributed by atoms with Gasteiger partial charge in [-0.25, -0.2) is 4.39 Å². The van der Waals surface area contributed by atoms with E-state index in [9.17, 15) is 9.18 Å². The fraction of sp³-hybridized carbons (Fsp3) is 0.650. The lowest BCUT2D eigenvalue weighted by Crippen LogP contribution is -2.42. The molecule has 2 aliphatic carbocycles. The Labute approximate surface area is 144 Å². The molecule has 1 aromatic rings. The first-order valence-electron chi connectivity index (χ1n) is 9.43. The quantitative estimate of drug-likeness (QED) is 0.864. The average molecular weight is 332 g/mol. The number of nitrogens with zero attached hydrogens (tertiary/aromatic N) is 1. The molecule has 0 spiro atoms. The lowest BCUT2D eigenvalue weighted by atomic mass is 9.98. The van der Waals surface area contributed by atoms with Crippen LogP contribution >= 0.6 is 0 Å². The van der Waals surface area contributed by atoms with Crippen LogP contribution in [0.5, 0.6) is 0 Å². The molecule has 2 atom stereocenters. The summed E-state index contributed by atoms with van der Waals surface area (Å²) in [4.78, 5) is 15.0. The number of carbonyl (C=O) groups excluding carboxylic acids is 1. The Kier molecular flexibility index (Phi) is 5.88. The SMILES string of the molecule is N[C@@H]1CCC[C@H]1CC(=O)N(CCc1ccc(F)cc1)C1CCCC1. The lowest BCUT2D eigenvalue weighted by molar-refractivity contribution is -0.134. The van der Waals surface area contributed by atoms with E-state index in [0.29, 0.717) is 18.4 Å². The third-order valence-corrected chi connectivity index (χ3v) is 5.80. The molecule has 0 unspecified atom stereocenters. The molecule has 0 saturated heterocycles. The summed E-state index contributed by atoms with van der Waals surface area (Å²) in [5.74, 6) is 0.413. The van der Waals surface area contributed by atoms with Crippen molar-refractivity contribution in [2.45, 2.75) is 69.9 Å². The maximum Gasteiger partial charge on any atom is 0.223 e. The Hall–Kier alpha value is -1.42. The summed E-state index contributed by atoms with van der Waals surface area (Å²) in [7, 11) is 0. The van der Waals surface area contributed by atoms with E-state index in [1.807, 2.05) is 12.1 Å². The Morgan fingerprint density at radius 2 is 1.79 bits per heavy atom. The van der Waals surface area contributed by atoms with Crippen molar-refractivity contribution in [1.82, 2.24) is 4.90 Å². The van der Waals surface area contributed by atoms with Gasteiger partial charge in [-0.3, -0.25) is 4.79 Å². The van der Waals surface area contributed by atoms with Gasteiger partial charge in [-0.05, 0) is 55.7 Å². The summed E-state index contributed by atoms with van der Waals surface area (Å²) in [6.07, 6.45) is 9.35. The number of carbonyl (C=O) groups is 1. The van der Waals surface area contributed by atoms with Gasteiger partial charge in [-0.2, -0.15) is 0 Å². The highest BCUT2D eigenvalue weighted by atomic mass is 19.1. The number of benzene rings is 1. The third kappa shape index (κ3) is 4.35. The zero-order chi connectivity index (χ0) is 16.9. The van der Waals surface area contributed by atoms with Gasteiger partial charge >= 0.3 is 0 Å². The molecule has 0 heterocycles. The first kappa shape index (κ1) is 17.4. The smallest absolute Gasteiger partial charge is 0.223 e. The van der Waals surface area contributed by atoms with Gasteiger partial charge in [0.15, 0.2) is 0 Å². The second kappa shape index (κ2) is 8.11. The van der Waals surface area contributed by atoms with Crippen LogP contribution in [0.2, 0.25) is 0 Å². The van der Waals surface area contributed by atoms with Crippen molar-refractivity contribution in [3.05, 3.63) is 35.6 Å². The fourth-order valence-electron chi connectivity index (χ4n) is 4.29. The van der Waals surface area contributed by atoms with Crippen molar-refractivity contribution in [2.24, 2.45) is 11.7 Å². The molecule has 0 aliphatic heterocycles. The normalized spacial score (nSPS) is 24.4. The van der Waals surface area contributed by atoms with Gasteiger partial charge in [-0.1, -0.05) is 31.4 Å². The summed E-state index contributed by atoms with van der Waals surface area (Å²) in [5.41, 5.74) is 7.24. The molecule has 3 nitrogen and oxygen atoms in total. The molecule has 24 heavy (non-hydrogen) atoms. The standard InChI is InChI=1S/C20H29FN2O/c21-17-10-8-15(9-11-17)12-13-23(18-5-1-2-6-18)20(24)14-16-4-3-7-19(16)22/h8-11,16,18-19H,1-7,12-14,22H2/t16-,19+/m0/s1. The van der Waals surface area contributed by atoms with Crippen molar-refractivity contribution in [1.29, 1.82) is 0 Å². The number of rotatable bonds is 6. The minimum Gasteiger partial charge on any atom is -0.339 e. The van der Waals surface area contributed by atoms with Crippen LogP contribution in [0.1, 0.15) is 56.9 Å². The predicted octanol–water partition coefficient (Wildman–Crippen LogP) is 3.66. The van der Waals surface area contributed by atoms with E-state index in [2.05, 4.69) is 4.90 Å². The lowest BCUT2D eigenvalue weighted by Gasteiger charge is -2.31. The molecule has 4 heteroatoms. The van der Waals surface area contributed by atoms with Crippen molar-refractivity contribution < 1.29 is 9.18 Å². The monoisotopic (exact) mass is 332 g/mol. The summed E-state index contributed by atoms with van der Waals surface area (Å²) in [5, 5.41) is 0. The van der Waals surface area contributed by atoms with Gasteiger partial charge in [0.05, 0.1) is 0 Å². The molecule has 0 radical (unpaired) electrons. The zero-order valence-corrected chi connectivity index (χ0v) is 14.4. The van der Waals surface area contributed by atoms with Crippen LogP contribution in [0.3, 0.4) is 0 Å². The number of hydrogen-bond donors (Lipinski definition) is 1. The highest BCUT2D eigenvalue weighted by Gasteiger charge is 2.31. The van der Waals surface area contributed by atoms with E-state index in [1.165, 1.54) is 25.0 Å². The van der Waals surface area contributed by atoms with Gasteiger partial charge in [0.25, 0.3) is 0 Å². The van der Waals surface area contributed by atoms with Crippen LogP contribution in [-0.4, -0.2) is 29.4 Å². The van der Waals surface area contributed by atoms with E-state index in [1.54, 1.807) is 0 Å². The van der Waals surface area contributed by atoms with Gasteiger partial charge in [-0.15, -0.1) is 0 Å². The molecule has 2 aliphatic rings. The van der Waals surface area contributed by atoms with Gasteiger partial charge in [0.1, 0.15) is 5.82 Å². The van der Waals surface area contributed by atoms with E-state index in [-0.39, 0.29) is 17.8 Å². The van der Waals surface area contributed by atoms with Crippen molar-refractivity contribution in [3.8, 4) is 0 Å². The molecular formula is C20H29FN2O. The highest BCUT2D eigenvalue weighted by molar-refractivity contribution is 5.77. The average Bonchev–Trinajstić information content (AvgIpc) is 3.22. The van der Waals surface area contributed by atoms with Crippen LogP contribution < -0.4 is 5.73 Å². The number of halogens is 1. The molecule has 1 aromatic carbocycles. The molecule has 0 bridgehead atoms. The summed E-state index contributed by atoms with van der Waals surface area (Å²) in [6.45, 7) is 0.733. The first-order chi connectivity index (χ1) is 11.6. The summed E-state index contributed by atoms with van der Waals surface area (Å²) >= 11 is 0. The highest BCUT2D eigenvalue weighted by Crippen LogP contribution is 2.30. The van der Waals surface area contributed by atoms with Crippen LogP contribution in [0.25, 0.3) is 0 Å². The van der Waals surface area contributed by atoms with Crippen LogP contribution in [0.4, 0.5) is 4.39 Å². The second-order valence-electron chi connectivity index (χ2n) is 7.46. The van der Waals surface area contributed by atoms with Crippen molar-refractivity contribution in [3.63, 3.8) is 0 Å². The zero-order valence-electron chi connectivity index (χ0n) is 14.4. The number of hydrogen-bond acceptors (Lipinski definition) is 2. The van der Waals surface area contributed by atoms with Crippen LogP contribution in [-0.2, 0) is 11.2 Å². The van der Waals surface area contributed by atoms with Gasteiger partial charge in [0, 0.05) is 25.0 Å². The molecule has 0 aromatic heterocycles. The fourth-order valence-corrected chi connectivity index (χ4v) is 4.29. The number of amides is 1. The molecule has 132 valence electrons. The molecule has 1 amide bonds. The van der Waals surface area contributed by atoms with E-state index in [4.69, 9.17) is 5.73 Å². The maximum absolute atomic E-state index is 13.0. The minimum absolute atomic E-state index is 0.191. The van der Waals surface area contributed by atoms with E-state index in [0.717, 1.165) is 50.6 Å². The van der Waals surface area contributed by atoms with Crippen LogP contribution in [0, 0.1) is 11.7 Å². The Morgan fingerprint density at radius 3 is 2.42 bits per heavy atom. The Balaban J connectivity index is 1.61. The molecule has 2 N–H and O–H groups in total. The Bertz CT molecular complexity index is 539. The van der Waals surface area contributed by atoms with E-state index >= 15 is 0 Å². The number of nitrogens with two attached hydrogens (primary N) is 1. The van der Waals surface area contributed by atoms with E-state index < -0.39 is 0 Å². The Morgan fingerprint density at radius 1 is 1.08 bits per heavy atom. The first-order valence-corrected chi connectivity index (χ1v) is 9.43. The minimum atomic E-state index is -0.210. The van der Waals surface area contributed by atoms with Gasteiger partial charge in [0.2, 0.25) is 5.91 Å². The maximum atomic E-state index is 13.0. The molecule has 2 saturated carbocycles. The van der Waals surface area contributed by atoms with Crippen molar-refractivity contribution >= 4 is 5.91 Å². The largest absolute Gasteiger partial charge is 0.339 e. The predicted molar refractivity (Wildman–Crippen MR) is 94.0 cm³/mol. The third-order valence-electron chi connectivity index (χ3n) is 5.80. The molecule has 2 fully saturated rings. The van der Waals surface area contributed by atoms with Crippen LogP contribution in [0.15, 0.2) is 24.3 Å².